The summed E-state index contributed by atoms with van der Waals surface area (Å²) in [5, 5.41) is 12.7. The third kappa shape index (κ3) is 2.19. The Balaban J connectivity index is 1.89. The molecule has 0 aliphatic carbocycles. The second kappa shape index (κ2) is 5.01. The Bertz CT molecular complexity index is 998. The minimum Gasteiger partial charge on any atom is -0.314 e. The van der Waals surface area contributed by atoms with Gasteiger partial charge in [0, 0.05) is 29.4 Å². The molecule has 2 aromatic carbocycles. The summed E-state index contributed by atoms with van der Waals surface area (Å²) in [4.78, 5) is 0. The van der Waals surface area contributed by atoms with Crippen molar-refractivity contribution in [2.24, 2.45) is 7.05 Å². The topological polar surface area (TPSA) is 48.5 Å². The Hall–Kier alpha value is -3.02. The molecule has 4 rings (SSSR count). The quantitative estimate of drug-likeness (QED) is 0.571. The number of aryl methyl sites for hydroxylation is 2. The molecule has 23 heavy (non-hydrogen) atoms. The van der Waals surface area contributed by atoms with Crippen LogP contribution in [0.4, 0.5) is 4.39 Å². The van der Waals surface area contributed by atoms with E-state index in [2.05, 4.69) is 32.2 Å². The highest BCUT2D eigenvalue weighted by atomic mass is 19.1. The molecule has 0 saturated carbocycles. The average molecular weight is 307 g/mol. The van der Waals surface area contributed by atoms with E-state index in [0.717, 1.165) is 33.7 Å². The van der Waals surface area contributed by atoms with Gasteiger partial charge in [-0.25, -0.2) is 9.07 Å². The summed E-state index contributed by atoms with van der Waals surface area (Å²) in [6, 6.07) is 14.7. The highest BCUT2D eigenvalue weighted by Crippen LogP contribution is 2.28. The third-order valence-electron chi connectivity index (χ3n) is 3.95. The van der Waals surface area contributed by atoms with Gasteiger partial charge in [0.1, 0.15) is 5.82 Å². The van der Waals surface area contributed by atoms with E-state index in [-0.39, 0.29) is 5.82 Å². The second-order valence-corrected chi connectivity index (χ2v) is 5.50. The van der Waals surface area contributed by atoms with E-state index in [0.29, 0.717) is 0 Å². The van der Waals surface area contributed by atoms with Gasteiger partial charge in [0.2, 0.25) is 0 Å². The van der Waals surface area contributed by atoms with Gasteiger partial charge in [0.15, 0.2) is 5.82 Å². The first-order valence-electron chi connectivity index (χ1n) is 7.24. The van der Waals surface area contributed by atoms with Gasteiger partial charge in [-0.3, -0.25) is 0 Å². The second-order valence-electron chi connectivity index (χ2n) is 5.50. The zero-order valence-electron chi connectivity index (χ0n) is 12.7. The van der Waals surface area contributed by atoms with Crippen LogP contribution in [0.25, 0.3) is 28.0 Å². The van der Waals surface area contributed by atoms with Crippen molar-refractivity contribution in [2.75, 3.05) is 0 Å². The van der Waals surface area contributed by atoms with Crippen molar-refractivity contribution < 1.29 is 4.39 Å². The van der Waals surface area contributed by atoms with E-state index in [1.165, 1.54) is 12.1 Å². The Kier molecular flexibility index (Phi) is 2.97. The zero-order chi connectivity index (χ0) is 16.0. The predicted molar refractivity (Wildman–Crippen MR) is 85.8 cm³/mol. The fourth-order valence-corrected chi connectivity index (χ4v) is 2.90. The molecule has 0 saturated heterocycles. The minimum atomic E-state index is -0.236. The third-order valence-corrected chi connectivity index (χ3v) is 3.95. The summed E-state index contributed by atoms with van der Waals surface area (Å²) in [6.45, 7) is 2.03. The average Bonchev–Trinajstić information content (AvgIpc) is 3.10. The first-order valence-corrected chi connectivity index (χ1v) is 7.24. The molecule has 5 nitrogen and oxygen atoms in total. The van der Waals surface area contributed by atoms with Crippen molar-refractivity contribution in [3.05, 3.63) is 60.0 Å². The molecular weight excluding hydrogens is 293 g/mol. The maximum Gasteiger partial charge on any atom is 0.181 e. The standard InChI is InChI=1S/C17H14FN5/c1-11-9-13-10-12(17-19-20-21-22(17)2)3-8-16(13)23(11)15-6-4-14(18)5-7-15/h3-10H,1-2H3. The Morgan fingerprint density at radius 3 is 2.48 bits per heavy atom. The lowest BCUT2D eigenvalue weighted by Gasteiger charge is -2.08. The fourth-order valence-electron chi connectivity index (χ4n) is 2.90. The molecule has 0 N–H and O–H groups in total. The lowest BCUT2D eigenvalue weighted by molar-refractivity contribution is 0.627. The maximum atomic E-state index is 13.2. The van der Waals surface area contributed by atoms with Crippen LogP contribution in [0.3, 0.4) is 0 Å². The molecule has 6 heteroatoms. The molecule has 0 radical (unpaired) electrons. The number of benzene rings is 2. The lowest BCUT2D eigenvalue weighted by Crippen LogP contribution is -1.97. The summed E-state index contributed by atoms with van der Waals surface area (Å²) in [5.41, 5.74) is 4.04. The Labute approximate surface area is 132 Å². The van der Waals surface area contributed by atoms with Gasteiger partial charge in [-0.15, -0.1) is 5.10 Å². The van der Waals surface area contributed by atoms with Crippen LogP contribution >= 0.6 is 0 Å². The molecule has 4 aromatic rings. The van der Waals surface area contributed by atoms with Crippen LogP contribution in [0.5, 0.6) is 0 Å². The zero-order valence-corrected chi connectivity index (χ0v) is 12.7. The van der Waals surface area contributed by atoms with Gasteiger partial charge < -0.3 is 4.57 Å². The number of tetrazole rings is 1. The number of aromatic nitrogens is 5. The number of nitrogens with zero attached hydrogens (tertiary/aromatic N) is 5. The van der Waals surface area contributed by atoms with Crippen molar-refractivity contribution in [3.8, 4) is 17.1 Å². The molecule has 0 amide bonds. The summed E-state index contributed by atoms with van der Waals surface area (Å²) in [7, 11) is 1.81. The van der Waals surface area contributed by atoms with E-state index >= 15 is 0 Å². The van der Waals surface area contributed by atoms with Crippen LogP contribution in [0.1, 0.15) is 5.69 Å². The number of hydrogen-bond donors (Lipinski definition) is 0. The SMILES string of the molecule is Cc1cc2cc(-c3nnnn3C)ccc2n1-c1ccc(F)cc1. The summed E-state index contributed by atoms with van der Waals surface area (Å²) in [6.07, 6.45) is 0. The Morgan fingerprint density at radius 1 is 1.00 bits per heavy atom. The maximum absolute atomic E-state index is 13.2. The fraction of sp³-hybridized carbons (Fsp3) is 0.118. The van der Waals surface area contributed by atoms with Gasteiger partial charge in [-0.2, -0.15) is 0 Å². The normalized spacial score (nSPS) is 11.3. The molecule has 2 aromatic heterocycles. The number of halogens is 1. The molecule has 114 valence electrons. The lowest BCUT2D eigenvalue weighted by atomic mass is 10.1. The van der Waals surface area contributed by atoms with E-state index in [9.17, 15) is 4.39 Å². The van der Waals surface area contributed by atoms with Crippen LogP contribution in [0.2, 0.25) is 0 Å². The summed E-state index contributed by atoms with van der Waals surface area (Å²) >= 11 is 0. The van der Waals surface area contributed by atoms with Crippen LogP contribution in [0, 0.1) is 12.7 Å². The Morgan fingerprint density at radius 2 is 1.78 bits per heavy atom. The first kappa shape index (κ1) is 13.6. The molecule has 0 unspecified atom stereocenters. The van der Waals surface area contributed by atoms with Crippen molar-refractivity contribution >= 4 is 10.9 Å². The van der Waals surface area contributed by atoms with Crippen molar-refractivity contribution in [2.45, 2.75) is 6.92 Å². The van der Waals surface area contributed by atoms with Crippen molar-refractivity contribution in [1.82, 2.24) is 24.8 Å². The van der Waals surface area contributed by atoms with E-state index in [4.69, 9.17) is 0 Å². The van der Waals surface area contributed by atoms with Crippen LogP contribution in [0.15, 0.2) is 48.5 Å². The summed E-state index contributed by atoms with van der Waals surface area (Å²) < 4.78 is 16.9. The first-order chi connectivity index (χ1) is 11.1. The van der Waals surface area contributed by atoms with Crippen LogP contribution in [-0.2, 0) is 7.05 Å². The molecule has 0 fully saturated rings. The summed E-state index contributed by atoms with van der Waals surface area (Å²) in [5.74, 6) is 0.485. The predicted octanol–water partition coefficient (Wildman–Crippen LogP) is 3.27. The molecule has 0 spiro atoms. The number of hydrogen-bond acceptors (Lipinski definition) is 3. The molecule has 0 atom stereocenters. The van der Waals surface area contributed by atoms with E-state index in [1.54, 1.807) is 16.8 Å². The van der Waals surface area contributed by atoms with Crippen molar-refractivity contribution in [3.63, 3.8) is 0 Å². The van der Waals surface area contributed by atoms with Gasteiger partial charge in [0.25, 0.3) is 0 Å². The monoisotopic (exact) mass is 307 g/mol. The molecular formula is C17H14FN5. The molecule has 0 aliphatic heterocycles. The minimum absolute atomic E-state index is 0.236. The van der Waals surface area contributed by atoms with Crippen LogP contribution in [-0.4, -0.2) is 24.8 Å². The van der Waals surface area contributed by atoms with E-state index in [1.807, 2.05) is 26.1 Å². The molecule has 0 bridgehead atoms. The highest BCUT2D eigenvalue weighted by Gasteiger charge is 2.11. The van der Waals surface area contributed by atoms with E-state index < -0.39 is 0 Å². The smallest absolute Gasteiger partial charge is 0.181 e. The van der Waals surface area contributed by atoms with Crippen molar-refractivity contribution in [1.29, 1.82) is 0 Å². The van der Waals surface area contributed by atoms with Gasteiger partial charge in [-0.05, 0) is 65.9 Å². The van der Waals surface area contributed by atoms with Gasteiger partial charge in [-0.1, -0.05) is 0 Å². The number of fused-ring (bicyclic) bond motifs is 1. The largest absolute Gasteiger partial charge is 0.314 e. The van der Waals surface area contributed by atoms with Gasteiger partial charge in [0.05, 0.1) is 5.52 Å². The highest BCUT2D eigenvalue weighted by molar-refractivity contribution is 5.87. The van der Waals surface area contributed by atoms with Gasteiger partial charge >= 0.3 is 0 Å². The molecule has 0 aliphatic rings. The van der Waals surface area contributed by atoms with Crippen LogP contribution < -0.4 is 0 Å². The molecule has 2 heterocycles. The number of rotatable bonds is 2.